The molecule has 7 heteroatoms. The molecular formula is C24H21ClN2O4. The molecule has 0 atom stereocenters. The van der Waals surface area contributed by atoms with Gasteiger partial charge >= 0.3 is 5.97 Å². The normalized spacial score (nSPS) is 10.7. The van der Waals surface area contributed by atoms with Gasteiger partial charge in [-0.05, 0) is 67.4 Å². The van der Waals surface area contributed by atoms with E-state index < -0.39 is 5.97 Å². The number of carbonyl (C=O) groups is 2. The number of amides is 1. The molecule has 1 N–H and O–H groups in total. The Balaban J connectivity index is 1.48. The lowest BCUT2D eigenvalue weighted by atomic mass is 10.1. The minimum Gasteiger partial charge on any atom is -0.483 e. The van der Waals surface area contributed by atoms with Gasteiger partial charge in [-0.15, -0.1) is 0 Å². The Labute approximate surface area is 185 Å². The summed E-state index contributed by atoms with van der Waals surface area (Å²) in [7, 11) is 0. The Morgan fingerprint density at radius 1 is 1.03 bits per heavy atom. The van der Waals surface area contributed by atoms with Gasteiger partial charge in [0, 0.05) is 0 Å². The molecule has 0 saturated heterocycles. The highest BCUT2D eigenvalue weighted by molar-refractivity contribution is 6.33. The molecule has 0 radical (unpaired) electrons. The second kappa shape index (κ2) is 10.4. The fourth-order valence-electron chi connectivity index (χ4n) is 2.73. The first-order chi connectivity index (χ1) is 14.9. The molecule has 0 saturated carbocycles. The van der Waals surface area contributed by atoms with Crippen molar-refractivity contribution in [3.8, 4) is 11.5 Å². The maximum Gasteiger partial charge on any atom is 0.345 e. The van der Waals surface area contributed by atoms with Crippen molar-refractivity contribution in [1.29, 1.82) is 0 Å². The number of nitrogens with one attached hydrogen (secondary N) is 1. The van der Waals surface area contributed by atoms with Gasteiger partial charge in [0.05, 0.1) is 16.8 Å². The van der Waals surface area contributed by atoms with Crippen LogP contribution in [0.3, 0.4) is 0 Å². The lowest BCUT2D eigenvalue weighted by molar-refractivity contribution is -0.123. The van der Waals surface area contributed by atoms with Gasteiger partial charge in [-0.3, -0.25) is 4.79 Å². The van der Waals surface area contributed by atoms with Crippen molar-refractivity contribution in [3.63, 3.8) is 0 Å². The molecule has 3 aromatic rings. The third-order valence-electron chi connectivity index (χ3n) is 4.28. The standard InChI is InChI=1S/C24H21ClN2O4/c1-16-7-12-22(17(2)13-16)30-15-23(28)27-26-14-18-8-10-19(11-9-18)31-24(29)20-5-3-4-6-21(20)25/h3-14H,15H2,1-2H3,(H,27,28). The van der Waals surface area contributed by atoms with Gasteiger partial charge in [0.2, 0.25) is 0 Å². The summed E-state index contributed by atoms with van der Waals surface area (Å²) in [5.41, 5.74) is 5.51. The summed E-state index contributed by atoms with van der Waals surface area (Å²) < 4.78 is 10.8. The number of nitrogens with zero attached hydrogens (tertiary/aromatic N) is 1. The summed E-state index contributed by atoms with van der Waals surface area (Å²) >= 11 is 6.00. The molecule has 0 fully saturated rings. The molecule has 6 nitrogen and oxygen atoms in total. The van der Waals surface area contributed by atoms with Crippen LogP contribution in [0.4, 0.5) is 0 Å². The first-order valence-corrected chi connectivity index (χ1v) is 9.89. The lowest BCUT2D eigenvalue weighted by Gasteiger charge is -2.08. The van der Waals surface area contributed by atoms with Crippen molar-refractivity contribution in [3.05, 3.63) is 94.0 Å². The molecule has 158 valence electrons. The second-order valence-electron chi connectivity index (χ2n) is 6.79. The summed E-state index contributed by atoms with van der Waals surface area (Å²) in [6, 6.07) is 19.1. The molecule has 3 aromatic carbocycles. The van der Waals surface area contributed by atoms with E-state index in [9.17, 15) is 9.59 Å². The number of benzene rings is 3. The highest BCUT2D eigenvalue weighted by Gasteiger charge is 2.12. The number of ether oxygens (including phenoxy) is 2. The number of rotatable bonds is 7. The largest absolute Gasteiger partial charge is 0.483 e. The number of hydrazone groups is 1. The van der Waals surface area contributed by atoms with Crippen molar-refractivity contribution in [2.75, 3.05) is 6.61 Å². The van der Waals surface area contributed by atoms with Crippen LogP contribution in [0.15, 0.2) is 71.8 Å². The topological polar surface area (TPSA) is 77.0 Å². The summed E-state index contributed by atoms with van der Waals surface area (Å²) in [5, 5.41) is 4.24. The Morgan fingerprint density at radius 3 is 2.48 bits per heavy atom. The molecule has 0 spiro atoms. The van der Waals surface area contributed by atoms with Crippen molar-refractivity contribution < 1.29 is 19.1 Å². The second-order valence-corrected chi connectivity index (χ2v) is 7.20. The van der Waals surface area contributed by atoms with E-state index in [1.807, 2.05) is 32.0 Å². The first-order valence-electron chi connectivity index (χ1n) is 9.51. The van der Waals surface area contributed by atoms with Gasteiger partial charge in [0.1, 0.15) is 11.5 Å². The first kappa shape index (κ1) is 22.1. The van der Waals surface area contributed by atoms with Gasteiger partial charge < -0.3 is 9.47 Å². The lowest BCUT2D eigenvalue weighted by Crippen LogP contribution is -2.24. The number of esters is 1. The SMILES string of the molecule is Cc1ccc(OCC(=O)NN=Cc2ccc(OC(=O)c3ccccc3Cl)cc2)c(C)c1. The quantitative estimate of drug-likeness (QED) is 0.252. The number of hydrogen-bond donors (Lipinski definition) is 1. The average molecular weight is 437 g/mol. The smallest absolute Gasteiger partial charge is 0.345 e. The van der Waals surface area contributed by atoms with Crippen LogP contribution < -0.4 is 14.9 Å². The number of aryl methyl sites for hydroxylation is 2. The van der Waals surface area contributed by atoms with E-state index in [2.05, 4.69) is 10.5 Å². The van der Waals surface area contributed by atoms with E-state index in [1.165, 1.54) is 6.21 Å². The van der Waals surface area contributed by atoms with Gasteiger partial charge in [-0.25, -0.2) is 10.2 Å². The van der Waals surface area contributed by atoms with Crippen molar-refractivity contribution in [1.82, 2.24) is 5.43 Å². The molecular weight excluding hydrogens is 416 g/mol. The zero-order chi connectivity index (χ0) is 22.2. The fourth-order valence-corrected chi connectivity index (χ4v) is 2.94. The Hall–Kier alpha value is -3.64. The summed E-state index contributed by atoms with van der Waals surface area (Å²) in [4.78, 5) is 24.1. The summed E-state index contributed by atoms with van der Waals surface area (Å²) in [6.07, 6.45) is 1.48. The zero-order valence-corrected chi connectivity index (χ0v) is 17.8. The van der Waals surface area contributed by atoms with E-state index in [4.69, 9.17) is 21.1 Å². The van der Waals surface area contributed by atoms with Crippen LogP contribution in [0.1, 0.15) is 27.0 Å². The fraction of sp³-hybridized carbons (Fsp3) is 0.125. The number of halogens is 1. The van der Waals surface area contributed by atoms with Gasteiger partial charge in [0.15, 0.2) is 6.61 Å². The molecule has 0 bridgehead atoms. The molecule has 0 aliphatic carbocycles. The van der Waals surface area contributed by atoms with E-state index in [0.29, 0.717) is 27.6 Å². The number of carbonyl (C=O) groups excluding carboxylic acids is 2. The van der Waals surface area contributed by atoms with Gasteiger partial charge in [-0.1, -0.05) is 41.4 Å². The Bertz CT molecular complexity index is 1110. The molecule has 0 aliphatic rings. The summed E-state index contributed by atoms with van der Waals surface area (Å²) in [5.74, 6) is 0.115. The molecule has 0 unspecified atom stereocenters. The van der Waals surface area contributed by atoms with Crippen LogP contribution in [0, 0.1) is 13.8 Å². The Morgan fingerprint density at radius 2 is 1.77 bits per heavy atom. The van der Waals surface area contributed by atoms with Crippen LogP contribution in [0.2, 0.25) is 5.02 Å². The van der Waals surface area contributed by atoms with Crippen LogP contribution in [0.25, 0.3) is 0 Å². The van der Waals surface area contributed by atoms with Crippen molar-refractivity contribution in [2.45, 2.75) is 13.8 Å². The van der Waals surface area contributed by atoms with Gasteiger partial charge in [-0.2, -0.15) is 5.10 Å². The van der Waals surface area contributed by atoms with Crippen molar-refractivity contribution >= 4 is 29.7 Å². The molecule has 0 heterocycles. The highest BCUT2D eigenvalue weighted by Crippen LogP contribution is 2.19. The third kappa shape index (κ3) is 6.42. The maximum absolute atomic E-state index is 12.2. The van der Waals surface area contributed by atoms with Crippen LogP contribution in [-0.2, 0) is 4.79 Å². The predicted octanol–water partition coefficient (Wildman–Crippen LogP) is 4.71. The van der Waals surface area contributed by atoms with Crippen LogP contribution >= 0.6 is 11.6 Å². The van der Waals surface area contributed by atoms with E-state index in [-0.39, 0.29) is 12.5 Å². The third-order valence-corrected chi connectivity index (χ3v) is 4.61. The molecule has 0 aromatic heterocycles. The van der Waals surface area contributed by atoms with E-state index >= 15 is 0 Å². The molecule has 31 heavy (non-hydrogen) atoms. The molecule has 0 aliphatic heterocycles. The highest BCUT2D eigenvalue weighted by atomic mass is 35.5. The van der Waals surface area contributed by atoms with Crippen LogP contribution in [0.5, 0.6) is 11.5 Å². The maximum atomic E-state index is 12.2. The van der Waals surface area contributed by atoms with Crippen molar-refractivity contribution in [2.24, 2.45) is 5.10 Å². The molecule has 3 rings (SSSR count). The Kier molecular flexibility index (Phi) is 7.40. The van der Waals surface area contributed by atoms with E-state index in [0.717, 1.165) is 11.1 Å². The minimum absolute atomic E-state index is 0.141. The molecule has 1 amide bonds. The van der Waals surface area contributed by atoms with E-state index in [1.54, 1.807) is 48.5 Å². The van der Waals surface area contributed by atoms with Gasteiger partial charge in [0.25, 0.3) is 5.91 Å². The summed E-state index contributed by atoms with van der Waals surface area (Å²) in [6.45, 7) is 3.78. The van der Waals surface area contributed by atoms with Crippen LogP contribution in [-0.4, -0.2) is 24.7 Å². The average Bonchev–Trinajstić information content (AvgIpc) is 2.74. The minimum atomic E-state index is -0.539. The zero-order valence-electron chi connectivity index (χ0n) is 17.1. The monoisotopic (exact) mass is 436 g/mol. The predicted molar refractivity (Wildman–Crippen MR) is 120 cm³/mol. The number of hydrogen-bond acceptors (Lipinski definition) is 5.